The van der Waals surface area contributed by atoms with Gasteiger partial charge in [0.15, 0.2) is 0 Å². The Bertz CT molecular complexity index is 466. The monoisotopic (exact) mass is 351 g/mol. The number of ether oxygens (including phenoxy) is 1. The number of nitrogens with one attached hydrogen (secondary N) is 1. The van der Waals surface area contributed by atoms with Gasteiger partial charge in [0, 0.05) is 18.7 Å². The van der Waals surface area contributed by atoms with Crippen molar-refractivity contribution < 1.29 is 14.2 Å². The third kappa shape index (κ3) is 4.60. The van der Waals surface area contributed by atoms with Crippen LogP contribution in [0.3, 0.4) is 0 Å². The van der Waals surface area contributed by atoms with Crippen LogP contribution >= 0.6 is 27.5 Å². The van der Waals surface area contributed by atoms with Crippen molar-refractivity contribution in [1.82, 2.24) is 5.32 Å². The quantitative estimate of drug-likeness (QED) is 0.773. The predicted molar refractivity (Wildman–Crippen MR) is 76.3 cm³/mol. The van der Waals surface area contributed by atoms with Crippen molar-refractivity contribution in [1.29, 1.82) is 0 Å². The zero-order valence-corrected chi connectivity index (χ0v) is 12.9. The lowest BCUT2D eigenvalue weighted by Crippen LogP contribution is -2.43. The first-order valence-electron chi connectivity index (χ1n) is 6.10. The molecule has 19 heavy (non-hydrogen) atoms. The van der Waals surface area contributed by atoms with E-state index in [4.69, 9.17) is 16.3 Å². The number of hydrogen-bond acceptors (Lipinski definition) is 3. The molecular weight excluding hydrogens is 337 g/mol. The number of halogens is 3. The average molecular weight is 353 g/mol. The predicted octanol–water partition coefficient (Wildman–Crippen LogP) is 3.12. The summed E-state index contributed by atoms with van der Waals surface area (Å²) in [4.78, 5) is 0. The van der Waals surface area contributed by atoms with Gasteiger partial charge >= 0.3 is 0 Å². The third-order valence-corrected chi connectivity index (χ3v) is 3.77. The molecule has 1 saturated carbocycles. The van der Waals surface area contributed by atoms with Crippen LogP contribution in [-0.2, 0) is 0 Å². The van der Waals surface area contributed by atoms with Crippen molar-refractivity contribution in [2.75, 3.05) is 13.2 Å². The van der Waals surface area contributed by atoms with Crippen LogP contribution in [0.2, 0.25) is 5.02 Å². The summed E-state index contributed by atoms with van der Waals surface area (Å²) in [6, 6.07) is 3.16. The lowest BCUT2D eigenvalue weighted by molar-refractivity contribution is 0.0117. The van der Waals surface area contributed by atoms with Gasteiger partial charge in [-0.3, -0.25) is 0 Å². The van der Waals surface area contributed by atoms with Crippen LogP contribution in [0.4, 0.5) is 4.39 Å². The molecule has 0 amide bonds. The molecule has 1 atom stereocenters. The first-order chi connectivity index (χ1) is 8.87. The summed E-state index contributed by atoms with van der Waals surface area (Å²) in [5.74, 6) is -0.218. The van der Waals surface area contributed by atoms with Crippen LogP contribution in [0, 0.1) is 5.82 Å². The van der Waals surface area contributed by atoms with Crippen LogP contribution in [-0.4, -0.2) is 29.9 Å². The molecule has 0 aromatic heterocycles. The van der Waals surface area contributed by atoms with Gasteiger partial charge in [-0.05, 0) is 41.8 Å². The van der Waals surface area contributed by atoms with Gasteiger partial charge in [0.2, 0.25) is 0 Å². The normalized spacial score (nSPS) is 18.2. The molecule has 0 radical (unpaired) electrons. The minimum absolute atomic E-state index is 0.0291. The molecule has 0 bridgehead atoms. The third-order valence-electron chi connectivity index (χ3n) is 2.86. The fraction of sp³-hybridized carbons (Fsp3) is 0.538. The highest BCUT2D eigenvalue weighted by molar-refractivity contribution is 9.10. The van der Waals surface area contributed by atoms with Crippen LogP contribution < -0.4 is 10.1 Å². The van der Waals surface area contributed by atoms with E-state index in [0.29, 0.717) is 22.8 Å². The first-order valence-corrected chi connectivity index (χ1v) is 7.27. The Labute approximate surface area is 125 Å². The van der Waals surface area contributed by atoms with Gasteiger partial charge < -0.3 is 15.2 Å². The molecule has 0 saturated heterocycles. The summed E-state index contributed by atoms with van der Waals surface area (Å²) in [6.07, 6.45) is 2.32. The maximum absolute atomic E-state index is 13.3. The summed E-state index contributed by atoms with van der Waals surface area (Å²) >= 11 is 8.90. The lowest BCUT2D eigenvalue weighted by atomic mass is 10.1. The smallest absolute Gasteiger partial charge is 0.145 e. The second kappa shape index (κ2) is 5.95. The molecule has 3 nitrogen and oxygen atoms in total. The molecule has 1 aromatic carbocycles. The Balaban J connectivity index is 1.91. The maximum atomic E-state index is 13.3. The topological polar surface area (TPSA) is 41.5 Å². The van der Waals surface area contributed by atoms with Crippen LogP contribution in [0.15, 0.2) is 16.6 Å². The minimum Gasteiger partial charge on any atom is -0.489 e. The summed E-state index contributed by atoms with van der Waals surface area (Å²) < 4.78 is 19.3. The average Bonchev–Trinajstić information content (AvgIpc) is 3.14. The van der Waals surface area contributed by atoms with E-state index >= 15 is 0 Å². The van der Waals surface area contributed by atoms with E-state index in [2.05, 4.69) is 21.2 Å². The molecular formula is C13H16BrClFNO2. The van der Waals surface area contributed by atoms with Crippen molar-refractivity contribution in [3.63, 3.8) is 0 Å². The zero-order chi connectivity index (χ0) is 14.0. The largest absolute Gasteiger partial charge is 0.489 e. The van der Waals surface area contributed by atoms with E-state index in [-0.39, 0.29) is 11.6 Å². The van der Waals surface area contributed by atoms with E-state index in [9.17, 15) is 9.50 Å². The molecule has 0 heterocycles. The maximum Gasteiger partial charge on any atom is 0.145 e. The lowest BCUT2D eigenvalue weighted by Gasteiger charge is -2.24. The first kappa shape index (κ1) is 15.0. The molecule has 0 spiro atoms. The van der Waals surface area contributed by atoms with Gasteiger partial charge in [0.05, 0.1) is 9.50 Å². The Morgan fingerprint density at radius 3 is 2.89 bits per heavy atom. The van der Waals surface area contributed by atoms with Gasteiger partial charge in [-0.15, -0.1) is 0 Å². The summed E-state index contributed by atoms with van der Waals surface area (Å²) in [5, 5.41) is 13.4. The molecule has 1 unspecified atom stereocenters. The highest BCUT2D eigenvalue weighted by atomic mass is 79.9. The molecule has 1 fully saturated rings. The van der Waals surface area contributed by atoms with Gasteiger partial charge in [0.1, 0.15) is 23.8 Å². The van der Waals surface area contributed by atoms with Crippen LogP contribution in [0.5, 0.6) is 5.75 Å². The molecule has 2 N–H and O–H groups in total. The SMILES string of the molecule is CC(O)(CNC1CC1)COc1cc(F)c(Cl)cc1Br. The molecule has 2 rings (SSSR count). The Hall–Kier alpha value is -0.360. The van der Waals surface area contributed by atoms with Gasteiger partial charge in [-0.2, -0.15) is 0 Å². The molecule has 106 valence electrons. The molecule has 1 aliphatic rings. The summed E-state index contributed by atoms with van der Waals surface area (Å²) in [6.45, 7) is 2.21. The number of aliphatic hydroxyl groups is 1. The van der Waals surface area contributed by atoms with E-state index < -0.39 is 11.4 Å². The number of rotatable bonds is 6. The minimum atomic E-state index is -1.00. The Kier molecular flexibility index (Phi) is 4.71. The zero-order valence-electron chi connectivity index (χ0n) is 10.5. The van der Waals surface area contributed by atoms with Gasteiger partial charge in [-0.25, -0.2) is 4.39 Å². The standard InChI is InChI=1S/C13H16BrClFNO2/c1-13(18,6-17-8-2-3-8)7-19-12-5-11(16)10(15)4-9(12)14/h4-5,8,17-18H,2-3,6-7H2,1H3. The fourth-order valence-corrected chi connectivity index (χ4v) is 2.30. The van der Waals surface area contributed by atoms with Gasteiger partial charge in [0.25, 0.3) is 0 Å². The van der Waals surface area contributed by atoms with Gasteiger partial charge in [-0.1, -0.05) is 11.6 Å². The number of benzene rings is 1. The van der Waals surface area contributed by atoms with Crippen molar-refractivity contribution in [2.45, 2.75) is 31.4 Å². The van der Waals surface area contributed by atoms with E-state index in [0.717, 1.165) is 12.8 Å². The molecule has 1 aromatic rings. The van der Waals surface area contributed by atoms with Crippen LogP contribution in [0.25, 0.3) is 0 Å². The van der Waals surface area contributed by atoms with E-state index in [1.165, 1.54) is 12.1 Å². The fourth-order valence-electron chi connectivity index (χ4n) is 1.55. The van der Waals surface area contributed by atoms with E-state index in [1.807, 2.05) is 0 Å². The summed E-state index contributed by atoms with van der Waals surface area (Å²) in [5.41, 5.74) is -1.00. The second-order valence-electron chi connectivity index (χ2n) is 5.14. The Morgan fingerprint density at radius 2 is 2.26 bits per heavy atom. The van der Waals surface area contributed by atoms with Crippen LogP contribution in [0.1, 0.15) is 19.8 Å². The molecule has 0 aliphatic heterocycles. The van der Waals surface area contributed by atoms with Crippen molar-refractivity contribution in [2.24, 2.45) is 0 Å². The van der Waals surface area contributed by atoms with Crippen molar-refractivity contribution >= 4 is 27.5 Å². The Morgan fingerprint density at radius 1 is 1.58 bits per heavy atom. The highest BCUT2D eigenvalue weighted by Gasteiger charge is 2.27. The molecule has 1 aliphatic carbocycles. The highest BCUT2D eigenvalue weighted by Crippen LogP contribution is 2.31. The van der Waals surface area contributed by atoms with Crippen molar-refractivity contribution in [3.8, 4) is 5.75 Å². The molecule has 6 heteroatoms. The summed E-state index contributed by atoms with van der Waals surface area (Å²) in [7, 11) is 0. The van der Waals surface area contributed by atoms with Crippen molar-refractivity contribution in [3.05, 3.63) is 27.4 Å². The second-order valence-corrected chi connectivity index (χ2v) is 6.40. The van der Waals surface area contributed by atoms with E-state index in [1.54, 1.807) is 6.92 Å². The number of hydrogen-bond donors (Lipinski definition) is 2.